The zero-order valence-corrected chi connectivity index (χ0v) is 14.7. The van der Waals surface area contributed by atoms with Gasteiger partial charge in [0.15, 0.2) is 6.04 Å². The molecular weight excluding hydrogens is 305 g/mol. The van der Waals surface area contributed by atoms with Crippen LogP contribution in [0.4, 0.5) is 4.39 Å². The van der Waals surface area contributed by atoms with Crippen molar-refractivity contribution in [2.45, 2.75) is 46.2 Å². The van der Waals surface area contributed by atoms with E-state index in [1.807, 2.05) is 4.68 Å². The lowest BCUT2D eigenvalue weighted by Gasteiger charge is -2.35. The van der Waals surface area contributed by atoms with Gasteiger partial charge in [-0.2, -0.15) is 0 Å². The number of piperidine rings is 1. The Morgan fingerprint density at radius 2 is 2.04 bits per heavy atom. The van der Waals surface area contributed by atoms with Gasteiger partial charge in [0.25, 0.3) is 0 Å². The molecule has 2 heterocycles. The third kappa shape index (κ3) is 3.80. The maximum Gasteiger partial charge on any atom is 0.209 e. The summed E-state index contributed by atoms with van der Waals surface area (Å²) in [6.45, 7) is 9.75. The SMILES string of the molecule is CC(C)[C@H](c1nnnn1Cc1ccc(F)cc1)[NH+]1CCC[C@@H](C)C1. The Hall–Kier alpha value is -1.82. The van der Waals surface area contributed by atoms with Gasteiger partial charge in [-0.3, -0.25) is 0 Å². The van der Waals surface area contributed by atoms with E-state index in [1.54, 1.807) is 17.0 Å². The summed E-state index contributed by atoms with van der Waals surface area (Å²) in [7, 11) is 0. The van der Waals surface area contributed by atoms with Crippen molar-refractivity contribution in [3.63, 3.8) is 0 Å². The predicted molar refractivity (Wildman–Crippen MR) is 90.0 cm³/mol. The molecule has 0 saturated carbocycles. The second kappa shape index (κ2) is 7.38. The minimum atomic E-state index is -0.220. The highest BCUT2D eigenvalue weighted by Gasteiger charge is 2.35. The first-order valence-electron chi connectivity index (χ1n) is 8.89. The third-order valence-electron chi connectivity index (χ3n) is 5.00. The van der Waals surface area contributed by atoms with Crippen LogP contribution in [0.1, 0.15) is 51.0 Å². The molecule has 6 heteroatoms. The molecule has 1 aliphatic rings. The third-order valence-corrected chi connectivity index (χ3v) is 5.00. The molecule has 24 heavy (non-hydrogen) atoms. The van der Waals surface area contributed by atoms with E-state index in [9.17, 15) is 4.39 Å². The molecule has 3 rings (SSSR count). The monoisotopic (exact) mass is 332 g/mol. The quantitative estimate of drug-likeness (QED) is 0.909. The van der Waals surface area contributed by atoms with Crippen molar-refractivity contribution in [1.29, 1.82) is 0 Å². The predicted octanol–water partition coefficient (Wildman–Crippen LogP) is 1.87. The lowest BCUT2D eigenvalue weighted by atomic mass is 9.94. The van der Waals surface area contributed by atoms with Gasteiger partial charge in [0.05, 0.1) is 19.6 Å². The molecule has 0 bridgehead atoms. The molecule has 2 aromatic rings. The van der Waals surface area contributed by atoms with Gasteiger partial charge in [0.2, 0.25) is 5.82 Å². The summed E-state index contributed by atoms with van der Waals surface area (Å²) in [5.41, 5.74) is 1.01. The Morgan fingerprint density at radius 3 is 2.71 bits per heavy atom. The van der Waals surface area contributed by atoms with Crippen molar-refractivity contribution in [3.05, 3.63) is 41.5 Å². The highest BCUT2D eigenvalue weighted by molar-refractivity contribution is 5.16. The van der Waals surface area contributed by atoms with Crippen LogP contribution in [0.3, 0.4) is 0 Å². The fourth-order valence-corrected chi connectivity index (χ4v) is 3.87. The number of benzene rings is 1. The van der Waals surface area contributed by atoms with E-state index in [0.29, 0.717) is 18.5 Å². The Bertz CT molecular complexity index is 652. The van der Waals surface area contributed by atoms with E-state index in [1.165, 1.54) is 38.1 Å². The lowest BCUT2D eigenvalue weighted by Crippen LogP contribution is -3.14. The van der Waals surface area contributed by atoms with Crippen LogP contribution in [0.2, 0.25) is 0 Å². The zero-order valence-electron chi connectivity index (χ0n) is 14.7. The second-order valence-corrected chi connectivity index (χ2v) is 7.40. The molecule has 0 radical (unpaired) electrons. The van der Waals surface area contributed by atoms with E-state index >= 15 is 0 Å². The number of likely N-dealkylation sites (tertiary alicyclic amines) is 1. The van der Waals surface area contributed by atoms with Crippen molar-refractivity contribution < 1.29 is 9.29 Å². The number of aromatic nitrogens is 4. The highest BCUT2D eigenvalue weighted by atomic mass is 19.1. The first-order chi connectivity index (χ1) is 11.5. The van der Waals surface area contributed by atoms with Crippen molar-refractivity contribution in [1.82, 2.24) is 20.2 Å². The van der Waals surface area contributed by atoms with Crippen LogP contribution in [-0.4, -0.2) is 33.3 Å². The topological polar surface area (TPSA) is 48.0 Å². The largest absolute Gasteiger partial charge is 0.326 e. The summed E-state index contributed by atoms with van der Waals surface area (Å²) in [4.78, 5) is 1.58. The van der Waals surface area contributed by atoms with E-state index in [4.69, 9.17) is 0 Å². The van der Waals surface area contributed by atoms with Crippen LogP contribution in [-0.2, 0) is 6.54 Å². The van der Waals surface area contributed by atoms with Gasteiger partial charge in [-0.1, -0.05) is 32.9 Å². The molecular formula is C18H27FN5+. The van der Waals surface area contributed by atoms with Crippen LogP contribution in [0.15, 0.2) is 24.3 Å². The molecule has 130 valence electrons. The molecule has 1 saturated heterocycles. The molecule has 1 fully saturated rings. The van der Waals surface area contributed by atoms with E-state index < -0.39 is 0 Å². The summed E-state index contributed by atoms with van der Waals surface area (Å²) < 4.78 is 15.0. The first kappa shape index (κ1) is 17.0. The molecule has 5 nitrogen and oxygen atoms in total. The Labute approximate surface area is 142 Å². The summed E-state index contributed by atoms with van der Waals surface area (Å²) in [5.74, 6) is 1.93. The minimum Gasteiger partial charge on any atom is -0.326 e. The van der Waals surface area contributed by atoms with Crippen LogP contribution in [0.5, 0.6) is 0 Å². The van der Waals surface area contributed by atoms with Crippen LogP contribution < -0.4 is 4.90 Å². The number of hydrogen-bond acceptors (Lipinski definition) is 3. The summed E-state index contributed by atoms with van der Waals surface area (Å²) >= 11 is 0. The van der Waals surface area contributed by atoms with Gasteiger partial charge in [0.1, 0.15) is 5.82 Å². The number of nitrogens with zero attached hydrogens (tertiary/aromatic N) is 4. The molecule has 0 amide bonds. The number of halogens is 1. The molecule has 1 aromatic heterocycles. The number of rotatable bonds is 5. The summed E-state index contributed by atoms with van der Waals surface area (Å²) in [6, 6.07) is 6.85. The van der Waals surface area contributed by atoms with Gasteiger partial charge in [-0.05, 0) is 41.0 Å². The van der Waals surface area contributed by atoms with Crippen LogP contribution in [0, 0.1) is 17.7 Å². The molecule has 0 spiro atoms. The summed E-state index contributed by atoms with van der Waals surface area (Å²) in [6.07, 6.45) is 2.58. The van der Waals surface area contributed by atoms with E-state index in [2.05, 4.69) is 36.3 Å². The molecule has 1 aliphatic heterocycles. The molecule has 1 aromatic carbocycles. The highest BCUT2D eigenvalue weighted by Crippen LogP contribution is 2.19. The van der Waals surface area contributed by atoms with Crippen molar-refractivity contribution in [2.75, 3.05) is 13.1 Å². The average Bonchev–Trinajstić information content (AvgIpc) is 2.97. The Balaban J connectivity index is 1.84. The molecule has 1 unspecified atom stereocenters. The van der Waals surface area contributed by atoms with Crippen molar-refractivity contribution in [2.24, 2.45) is 11.8 Å². The normalized spacial score (nSPS) is 22.7. The fourth-order valence-electron chi connectivity index (χ4n) is 3.87. The number of hydrogen-bond donors (Lipinski definition) is 1. The van der Waals surface area contributed by atoms with Crippen molar-refractivity contribution >= 4 is 0 Å². The number of quaternary nitrogens is 1. The van der Waals surface area contributed by atoms with Crippen LogP contribution in [0.25, 0.3) is 0 Å². The average molecular weight is 332 g/mol. The molecule has 3 atom stereocenters. The lowest BCUT2D eigenvalue weighted by molar-refractivity contribution is -0.944. The number of tetrazole rings is 1. The smallest absolute Gasteiger partial charge is 0.209 e. The van der Waals surface area contributed by atoms with Gasteiger partial charge in [-0.25, -0.2) is 9.07 Å². The van der Waals surface area contributed by atoms with Crippen molar-refractivity contribution in [3.8, 4) is 0 Å². The van der Waals surface area contributed by atoms with E-state index in [0.717, 1.165) is 17.3 Å². The van der Waals surface area contributed by atoms with E-state index in [-0.39, 0.29) is 5.82 Å². The second-order valence-electron chi connectivity index (χ2n) is 7.40. The maximum atomic E-state index is 13.1. The minimum absolute atomic E-state index is 0.220. The van der Waals surface area contributed by atoms with Gasteiger partial charge in [-0.15, -0.1) is 5.10 Å². The van der Waals surface area contributed by atoms with Gasteiger partial charge >= 0.3 is 0 Å². The zero-order chi connectivity index (χ0) is 17.1. The van der Waals surface area contributed by atoms with Gasteiger partial charge in [0, 0.05) is 11.8 Å². The Kier molecular flexibility index (Phi) is 5.23. The van der Waals surface area contributed by atoms with Gasteiger partial charge < -0.3 is 4.90 Å². The van der Waals surface area contributed by atoms with Crippen LogP contribution >= 0.6 is 0 Å². The first-order valence-corrected chi connectivity index (χ1v) is 8.89. The molecule has 0 aliphatic carbocycles. The Morgan fingerprint density at radius 1 is 1.29 bits per heavy atom. The standard InChI is InChI=1S/C18H26FN5/c1-13(2)17(23-10-4-5-14(3)11-23)18-20-21-22-24(18)12-15-6-8-16(19)9-7-15/h6-9,13-14,17H,4-5,10-12H2,1-3H3/p+1/t14-,17-/m1/s1. The maximum absolute atomic E-state index is 13.1. The molecule has 1 N–H and O–H groups in total. The number of nitrogens with one attached hydrogen (secondary N) is 1. The fraction of sp³-hybridized carbons (Fsp3) is 0.611. The summed E-state index contributed by atoms with van der Waals surface area (Å²) in [5, 5.41) is 12.5.